The molecule has 1 atom stereocenters. The van der Waals surface area contributed by atoms with Crippen molar-refractivity contribution in [1.29, 1.82) is 0 Å². The summed E-state index contributed by atoms with van der Waals surface area (Å²) >= 11 is 0. The molecule has 3 aromatic carbocycles. The lowest BCUT2D eigenvalue weighted by Crippen LogP contribution is -2.44. The summed E-state index contributed by atoms with van der Waals surface area (Å²) in [6.45, 7) is 1.88. The number of nitrogens with one attached hydrogen (secondary N) is 1. The van der Waals surface area contributed by atoms with Gasteiger partial charge in [0.15, 0.2) is 18.1 Å². The molecule has 190 valence electrons. The molecule has 0 aliphatic rings. The van der Waals surface area contributed by atoms with Crippen molar-refractivity contribution in [1.82, 2.24) is 5.32 Å². The fourth-order valence-electron chi connectivity index (χ4n) is 3.61. The molecule has 0 fully saturated rings. The average Bonchev–Trinajstić information content (AvgIpc) is 2.90. The number of carbonyl (C=O) groups is 2. The van der Waals surface area contributed by atoms with Crippen LogP contribution in [0.2, 0.25) is 0 Å². The number of amides is 1. The molecule has 0 aliphatic heterocycles. The molecule has 0 saturated heterocycles. The van der Waals surface area contributed by atoms with Gasteiger partial charge in [-0.3, -0.25) is 9.59 Å². The number of carboxylic acid groups (broad SMARTS) is 1. The summed E-state index contributed by atoms with van der Waals surface area (Å²) in [5, 5.41) is 12.2. The second-order valence-electron chi connectivity index (χ2n) is 8.01. The Morgan fingerprint density at radius 3 is 2.41 bits per heavy atom. The summed E-state index contributed by atoms with van der Waals surface area (Å²) in [4.78, 5) is 36.8. The van der Waals surface area contributed by atoms with Crippen LogP contribution in [0.5, 0.6) is 23.0 Å². The molecule has 4 aromatic rings. The van der Waals surface area contributed by atoms with Crippen LogP contribution in [0, 0.1) is 0 Å². The molecular weight excluding hydrogens is 478 g/mol. The summed E-state index contributed by atoms with van der Waals surface area (Å²) in [5.41, 5.74) is 0.633. The van der Waals surface area contributed by atoms with E-state index in [-0.39, 0.29) is 34.3 Å². The molecule has 1 heterocycles. The summed E-state index contributed by atoms with van der Waals surface area (Å²) in [7, 11) is 0. The van der Waals surface area contributed by atoms with Crippen LogP contribution in [0.1, 0.15) is 12.5 Å². The molecule has 0 aliphatic carbocycles. The van der Waals surface area contributed by atoms with Crippen LogP contribution in [0.15, 0.2) is 88.3 Å². The van der Waals surface area contributed by atoms with Gasteiger partial charge in [0, 0.05) is 12.5 Å². The number of benzene rings is 3. The first-order chi connectivity index (χ1) is 17.9. The van der Waals surface area contributed by atoms with Gasteiger partial charge >= 0.3 is 5.97 Å². The minimum Gasteiger partial charge on any atom is -0.490 e. The van der Waals surface area contributed by atoms with E-state index < -0.39 is 24.5 Å². The second kappa shape index (κ2) is 11.8. The molecular formula is C28H25NO8. The zero-order chi connectivity index (χ0) is 26.2. The Kier molecular flexibility index (Phi) is 8.05. The fraction of sp³-hybridized carbons (Fsp3) is 0.179. The zero-order valence-corrected chi connectivity index (χ0v) is 20.0. The second-order valence-corrected chi connectivity index (χ2v) is 8.01. The van der Waals surface area contributed by atoms with Gasteiger partial charge in [0.05, 0.1) is 12.0 Å². The van der Waals surface area contributed by atoms with E-state index in [0.29, 0.717) is 18.1 Å². The topological polar surface area (TPSA) is 124 Å². The van der Waals surface area contributed by atoms with E-state index in [9.17, 15) is 19.5 Å². The lowest BCUT2D eigenvalue weighted by molar-refractivity contribution is -0.142. The largest absolute Gasteiger partial charge is 0.490 e. The number of carboxylic acids is 1. The summed E-state index contributed by atoms with van der Waals surface area (Å²) in [5.74, 6) is -0.593. The van der Waals surface area contributed by atoms with Crippen LogP contribution >= 0.6 is 0 Å². The Bertz CT molecular complexity index is 1450. The summed E-state index contributed by atoms with van der Waals surface area (Å²) in [6.07, 6.45) is 1.34. The Labute approximate surface area is 212 Å². The van der Waals surface area contributed by atoms with Crippen molar-refractivity contribution in [2.24, 2.45) is 0 Å². The van der Waals surface area contributed by atoms with Crippen molar-refractivity contribution in [3.8, 4) is 23.0 Å². The van der Waals surface area contributed by atoms with Crippen LogP contribution in [0.25, 0.3) is 11.0 Å². The quantitative estimate of drug-likeness (QED) is 0.312. The van der Waals surface area contributed by atoms with Crippen molar-refractivity contribution >= 4 is 22.8 Å². The molecule has 2 N–H and O–H groups in total. The minimum absolute atomic E-state index is 0.00849. The predicted octanol–water partition coefficient (Wildman–Crippen LogP) is 4.17. The number of ether oxygens (including phenoxy) is 3. The van der Waals surface area contributed by atoms with Crippen LogP contribution in [-0.2, 0) is 16.0 Å². The SMILES string of the molecule is CCOc1ccccc1Oc1coc2cc(OCC(=O)N[C@@H](Cc3ccccc3)C(=O)O)ccc2c1=O. The smallest absolute Gasteiger partial charge is 0.326 e. The van der Waals surface area contributed by atoms with Crippen molar-refractivity contribution in [2.45, 2.75) is 19.4 Å². The molecule has 4 rings (SSSR count). The molecule has 0 spiro atoms. The summed E-state index contributed by atoms with van der Waals surface area (Å²) < 4.78 is 22.4. The Balaban J connectivity index is 1.42. The standard InChI is InChI=1S/C28H25NO8/c1-2-34-22-10-6-7-11-23(22)37-25-16-36-24-15-19(12-13-20(24)27(25)31)35-17-26(30)29-21(28(32)33)14-18-8-4-3-5-9-18/h3-13,15-16,21H,2,14,17H2,1H3,(H,29,30)(H,32,33)/t21-/m0/s1. The van der Waals surface area contributed by atoms with Crippen molar-refractivity contribution in [3.05, 3.63) is 94.8 Å². The Morgan fingerprint density at radius 1 is 0.946 bits per heavy atom. The van der Waals surface area contributed by atoms with E-state index in [1.807, 2.05) is 13.0 Å². The molecule has 0 saturated carbocycles. The maximum absolute atomic E-state index is 12.9. The number of hydrogen-bond donors (Lipinski definition) is 2. The monoisotopic (exact) mass is 503 g/mol. The normalized spacial score (nSPS) is 11.5. The van der Waals surface area contributed by atoms with Crippen LogP contribution in [0.3, 0.4) is 0 Å². The molecule has 37 heavy (non-hydrogen) atoms. The summed E-state index contributed by atoms with van der Waals surface area (Å²) in [6, 6.07) is 19.4. The van der Waals surface area contributed by atoms with Crippen LogP contribution in [-0.4, -0.2) is 36.2 Å². The Hall–Kier alpha value is -4.79. The highest BCUT2D eigenvalue weighted by atomic mass is 16.5. The van der Waals surface area contributed by atoms with E-state index in [0.717, 1.165) is 5.56 Å². The Morgan fingerprint density at radius 2 is 1.68 bits per heavy atom. The van der Waals surface area contributed by atoms with E-state index in [1.54, 1.807) is 48.5 Å². The van der Waals surface area contributed by atoms with Gasteiger partial charge in [0.1, 0.15) is 23.6 Å². The highest BCUT2D eigenvalue weighted by Gasteiger charge is 2.21. The van der Waals surface area contributed by atoms with Gasteiger partial charge in [-0.25, -0.2) is 4.79 Å². The first-order valence-electron chi connectivity index (χ1n) is 11.6. The predicted molar refractivity (Wildman–Crippen MR) is 135 cm³/mol. The van der Waals surface area contributed by atoms with Gasteiger partial charge in [0.2, 0.25) is 11.2 Å². The highest BCUT2D eigenvalue weighted by Crippen LogP contribution is 2.31. The highest BCUT2D eigenvalue weighted by molar-refractivity contribution is 5.85. The van der Waals surface area contributed by atoms with Gasteiger partial charge in [-0.1, -0.05) is 42.5 Å². The minimum atomic E-state index is -1.15. The maximum Gasteiger partial charge on any atom is 0.326 e. The van der Waals surface area contributed by atoms with Gasteiger partial charge in [-0.2, -0.15) is 0 Å². The van der Waals surface area contributed by atoms with Crippen molar-refractivity contribution in [2.75, 3.05) is 13.2 Å². The number of aliphatic carboxylic acids is 1. The zero-order valence-electron chi connectivity index (χ0n) is 20.0. The van der Waals surface area contributed by atoms with Crippen molar-refractivity contribution < 1.29 is 33.3 Å². The van der Waals surface area contributed by atoms with E-state index in [4.69, 9.17) is 18.6 Å². The van der Waals surface area contributed by atoms with Crippen LogP contribution in [0.4, 0.5) is 0 Å². The number of carbonyl (C=O) groups excluding carboxylic acids is 1. The third-order valence-corrected chi connectivity index (χ3v) is 5.37. The first kappa shape index (κ1) is 25.3. The van der Waals surface area contributed by atoms with Gasteiger partial charge in [0.25, 0.3) is 5.91 Å². The van der Waals surface area contributed by atoms with Gasteiger partial charge in [-0.05, 0) is 36.8 Å². The third-order valence-electron chi connectivity index (χ3n) is 5.37. The molecule has 9 heteroatoms. The number of hydrogen-bond acceptors (Lipinski definition) is 7. The van der Waals surface area contributed by atoms with E-state index in [2.05, 4.69) is 5.32 Å². The number of rotatable bonds is 11. The molecule has 1 amide bonds. The average molecular weight is 504 g/mol. The lowest BCUT2D eigenvalue weighted by atomic mass is 10.1. The molecule has 0 bridgehead atoms. The lowest BCUT2D eigenvalue weighted by Gasteiger charge is -2.15. The van der Waals surface area contributed by atoms with Crippen molar-refractivity contribution in [3.63, 3.8) is 0 Å². The molecule has 0 radical (unpaired) electrons. The maximum atomic E-state index is 12.9. The number of fused-ring (bicyclic) bond motifs is 1. The van der Waals surface area contributed by atoms with Gasteiger partial charge in [-0.15, -0.1) is 0 Å². The first-order valence-corrected chi connectivity index (χ1v) is 11.6. The third kappa shape index (κ3) is 6.46. The molecule has 0 unspecified atom stereocenters. The van der Waals surface area contributed by atoms with E-state index >= 15 is 0 Å². The number of para-hydroxylation sites is 2. The van der Waals surface area contributed by atoms with Gasteiger partial charge < -0.3 is 29.1 Å². The fourth-order valence-corrected chi connectivity index (χ4v) is 3.61. The van der Waals surface area contributed by atoms with E-state index in [1.165, 1.54) is 24.5 Å². The molecule has 1 aromatic heterocycles. The molecule has 9 nitrogen and oxygen atoms in total. The van der Waals surface area contributed by atoms with Crippen LogP contribution < -0.4 is 25.0 Å².